The van der Waals surface area contributed by atoms with Crippen molar-refractivity contribution in [1.29, 1.82) is 0 Å². The monoisotopic (exact) mass is 432 g/mol. The van der Waals surface area contributed by atoms with Crippen molar-refractivity contribution in [3.05, 3.63) is 102 Å². The summed E-state index contributed by atoms with van der Waals surface area (Å²) in [6.07, 6.45) is 8.78. The summed E-state index contributed by atoms with van der Waals surface area (Å²) < 4.78 is 1.31. The van der Waals surface area contributed by atoms with Crippen LogP contribution in [0.15, 0.2) is 60.7 Å². The van der Waals surface area contributed by atoms with Crippen LogP contribution in [-0.4, -0.2) is 4.70 Å². The number of nitrogens with zero attached hydrogens (tertiary/aromatic N) is 2. The van der Waals surface area contributed by atoms with Crippen LogP contribution < -0.4 is 0 Å². The second-order valence-corrected chi connectivity index (χ2v) is 6.44. The van der Waals surface area contributed by atoms with E-state index < -0.39 is 0 Å². The van der Waals surface area contributed by atoms with Crippen LogP contribution in [0.1, 0.15) is 62.3 Å². The molecule has 2 aromatic carbocycles. The van der Waals surface area contributed by atoms with E-state index in [2.05, 4.69) is 64.1 Å². The van der Waals surface area contributed by atoms with Gasteiger partial charge < -0.3 is 19.4 Å². The number of allylic oxidation sites excluding steroid dienone is 2. The zero-order valence-corrected chi connectivity index (χ0v) is 19.2. The molecule has 2 nitrogen and oxygen atoms in total. The Balaban J connectivity index is 0.00000148. The largest absolute Gasteiger partial charge is 2.00 e. The third-order valence-corrected chi connectivity index (χ3v) is 4.46. The predicted octanol–water partition coefficient (Wildman–Crippen LogP) is 7.84. The normalized spacial score (nSPS) is 11.9. The van der Waals surface area contributed by atoms with Gasteiger partial charge in [0.15, 0.2) is 0 Å². The van der Waals surface area contributed by atoms with E-state index in [0.717, 1.165) is 28.9 Å². The first-order valence-electron chi connectivity index (χ1n) is 10.2. The Morgan fingerprint density at radius 3 is 1.93 bits per heavy atom. The second kappa shape index (κ2) is 14.9. The van der Waals surface area contributed by atoms with Crippen LogP contribution in [0.3, 0.4) is 0 Å². The first-order valence-corrected chi connectivity index (χ1v) is 10.2. The molecule has 2 aromatic rings. The molecule has 0 saturated carbocycles. The van der Waals surface area contributed by atoms with E-state index in [-0.39, 0.29) is 16.5 Å². The van der Waals surface area contributed by atoms with Gasteiger partial charge in [0.25, 0.3) is 0 Å². The van der Waals surface area contributed by atoms with E-state index in [4.69, 9.17) is 0 Å². The van der Waals surface area contributed by atoms with Gasteiger partial charge in [-0.25, -0.2) is 4.70 Å². The van der Waals surface area contributed by atoms with Gasteiger partial charge in [0.1, 0.15) is 0 Å². The molecule has 29 heavy (non-hydrogen) atoms. The SMILES string of the molecule is CCCCCc1cccc(C2=CC=C(c3cccc(C)c3)[N+]2=[N-])c1.[CH2-]C.[CH2-]C.[Ni+2]. The third-order valence-electron chi connectivity index (χ3n) is 4.46. The molecule has 0 N–H and O–H groups in total. The molecule has 0 saturated heterocycles. The summed E-state index contributed by atoms with van der Waals surface area (Å²) in [7, 11) is 0. The summed E-state index contributed by atoms with van der Waals surface area (Å²) in [6.45, 7) is 14.3. The average molecular weight is 433 g/mol. The van der Waals surface area contributed by atoms with E-state index >= 15 is 0 Å². The standard InChI is InChI=1S/C22H24N2.2C2H5.Ni/c1-3-4-5-9-18-10-7-12-20(16-18)22-14-13-21(24(22)23)19-11-6-8-17(2)15-19;2*1-2;/h6-8,10-16H,3-5,9H2,1-2H3;2*1H2,2H3;/q;2*-1;+2. The topological polar surface area (TPSA) is 25.3 Å². The van der Waals surface area contributed by atoms with Gasteiger partial charge in [-0.2, -0.15) is 13.8 Å². The number of benzene rings is 2. The number of unbranched alkanes of at least 4 members (excludes halogenated alkanes) is 2. The van der Waals surface area contributed by atoms with Gasteiger partial charge in [-0.15, -0.1) is 0 Å². The summed E-state index contributed by atoms with van der Waals surface area (Å²) in [4.78, 5) is 0. The number of rotatable bonds is 6. The number of hydrogen-bond acceptors (Lipinski definition) is 0. The number of hydrogen-bond donors (Lipinski definition) is 0. The molecule has 0 radical (unpaired) electrons. The molecule has 0 atom stereocenters. The average Bonchev–Trinajstić information content (AvgIpc) is 3.13. The Kier molecular flexibility index (Phi) is 13.9. The maximum Gasteiger partial charge on any atom is 2.00 e. The van der Waals surface area contributed by atoms with Gasteiger partial charge >= 0.3 is 16.5 Å². The van der Waals surface area contributed by atoms with Crippen molar-refractivity contribution in [2.75, 3.05) is 0 Å². The third kappa shape index (κ3) is 7.74. The van der Waals surface area contributed by atoms with Crippen LogP contribution in [0, 0.1) is 20.8 Å². The molecule has 3 rings (SSSR count). The molecule has 3 heteroatoms. The van der Waals surface area contributed by atoms with Crippen molar-refractivity contribution in [2.24, 2.45) is 0 Å². The van der Waals surface area contributed by atoms with Gasteiger partial charge in [-0.1, -0.05) is 49.6 Å². The minimum Gasteiger partial charge on any atom is -0.493 e. The molecular formula is C26H34N2Ni. The molecule has 1 heterocycles. The van der Waals surface area contributed by atoms with Crippen molar-refractivity contribution >= 4 is 11.4 Å². The maximum absolute atomic E-state index is 10.6. The predicted molar refractivity (Wildman–Crippen MR) is 122 cm³/mol. The first kappa shape index (κ1) is 27.0. The first-order chi connectivity index (χ1) is 13.7. The van der Waals surface area contributed by atoms with Crippen molar-refractivity contribution in [3.8, 4) is 0 Å². The van der Waals surface area contributed by atoms with Crippen LogP contribution in [-0.2, 0) is 22.9 Å². The molecular weight excluding hydrogens is 399 g/mol. The van der Waals surface area contributed by atoms with E-state index in [1.165, 1.54) is 35.1 Å². The fourth-order valence-corrected chi connectivity index (χ4v) is 3.14. The minimum atomic E-state index is 0. The molecule has 158 valence electrons. The smallest absolute Gasteiger partial charge is 0.493 e. The van der Waals surface area contributed by atoms with Gasteiger partial charge in [-0.05, 0) is 49.6 Å². The summed E-state index contributed by atoms with van der Waals surface area (Å²) in [5.74, 6) is 0. The summed E-state index contributed by atoms with van der Waals surface area (Å²) in [5.41, 5.74) is 16.9. The van der Waals surface area contributed by atoms with Crippen molar-refractivity contribution in [2.45, 2.75) is 53.4 Å². The van der Waals surface area contributed by atoms with E-state index in [9.17, 15) is 5.53 Å². The van der Waals surface area contributed by atoms with Gasteiger partial charge in [-0.3, -0.25) is 0 Å². The Morgan fingerprint density at radius 2 is 1.38 bits per heavy atom. The van der Waals surface area contributed by atoms with Crippen LogP contribution >= 0.6 is 0 Å². The Labute approximate surface area is 188 Å². The van der Waals surface area contributed by atoms with Crippen molar-refractivity contribution in [3.63, 3.8) is 0 Å². The fourth-order valence-electron chi connectivity index (χ4n) is 3.14. The van der Waals surface area contributed by atoms with Crippen molar-refractivity contribution < 1.29 is 21.2 Å². The van der Waals surface area contributed by atoms with Gasteiger partial charge in [0, 0.05) is 23.3 Å². The molecule has 0 bridgehead atoms. The maximum atomic E-state index is 10.6. The van der Waals surface area contributed by atoms with Crippen LogP contribution in [0.5, 0.6) is 0 Å². The Hall–Kier alpha value is -1.99. The van der Waals surface area contributed by atoms with Gasteiger partial charge in [0.05, 0.1) is 0 Å². The molecule has 1 aliphatic heterocycles. The second-order valence-electron chi connectivity index (χ2n) is 6.44. The summed E-state index contributed by atoms with van der Waals surface area (Å²) in [5, 5.41) is 0. The minimum absolute atomic E-state index is 0. The van der Waals surface area contributed by atoms with Crippen LogP contribution in [0.4, 0.5) is 0 Å². The molecule has 0 aromatic heterocycles. The van der Waals surface area contributed by atoms with Crippen LogP contribution in [0.25, 0.3) is 16.9 Å². The van der Waals surface area contributed by atoms with Gasteiger partial charge in [0.2, 0.25) is 11.4 Å². The molecule has 0 amide bonds. The van der Waals surface area contributed by atoms with Crippen molar-refractivity contribution in [1.82, 2.24) is 0 Å². The molecule has 0 unspecified atom stereocenters. The molecule has 0 aliphatic carbocycles. The fraction of sp³-hybridized carbons (Fsp3) is 0.308. The van der Waals surface area contributed by atoms with Crippen LogP contribution in [0.2, 0.25) is 0 Å². The van der Waals surface area contributed by atoms with E-state index in [0.29, 0.717) is 0 Å². The Bertz CT molecular complexity index is 819. The molecule has 0 spiro atoms. The zero-order valence-electron chi connectivity index (χ0n) is 18.2. The molecule has 0 fully saturated rings. The molecule has 1 aliphatic rings. The summed E-state index contributed by atoms with van der Waals surface area (Å²) in [6, 6.07) is 16.7. The zero-order chi connectivity index (χ0) is 20.9. The van der Waals surface area contributed by atoms with E-state index in [1.54, 1.807) is 13.8 Å². The Morgan fingerprint density at radius 1 is 0.828 bits per heavy atom. The number of aryl methyl sites for hydroxylation is 2. The quantitative estimate of drug-likeness (QED) is 0.192. The summed E-state index contributed by atoms with van der Waals surface area (Å²) >= 11 is 0. The van der Waals surface area contributed by atoms with E-state index in [1.807, 2.05) is 24.3 Å².